The number of ether oxygens (including phenoxy) is 1. The van der Waals surface area contributed by atoms with Crippen LogP contribution >= 0.6 is 0 Å². The van der Waals surface area contributed by atoms with Crippen LogP contribution in [0.3, 0.4) is 0 Å². The van der Waals surface area contributed by atoms with Gasteiger partial charge in [-0.2, -0.15) is 0 Å². The number of carbonyl (C=O) groups is 2. The lowest BCUT2D eigenvalue weighted by molar-refractivity contribution is 0.0473. The third-order valence-electron chi connectivity index (χ3n) is 5.83. The molecule has 0 fully saturated rings. The third-order valence-corrected chi connectivity index (χ3v) is 7.61. The van der Waals surface area contributed by atoms with Gasteiger partial charge < -0.3 is 4.74 Å². The molecule has 1 aliphatic heterocycles. The largest absolute Gasteiger partial charge is 0.454 e. The maximum Gasteiger partial charge on any atom is 0.340 e. The molecule has 3 aromatic rings. The van der Waals surface area contributed by atoms with Crippen molar-refractivity contribution in [3.63, 3.8) is 0 Å². The van der Waals surface area contributed by atoms with Gasteiger partial charge in [0.15, 0.2) is 12.4 Å². The highest BCUT2D eigenvalue weighted by molar-refractivity contribution is 7.92. The molecule has 1 aliphatic rings. The van der Waals surface area contributed by atoms with Crippen molar-refractivity contribution in [1.82, 2.24) is 4.98 Å². The number of anilines is 1. The SMILES string of the molecule is CCS(=O)(=O)N1CCc2cc(C(=O)COC(=O)c3c(C)nc4ccccc4c3C)ccc21. The first-order valence-corrected chi connectivity index (χ1v) is 12.0. The molecule has 1 aromatic heterocycles. The molecule has 0 unspecified atom stereocenters. The summed E-state index contributed by atoms with van der Waals surface area (Å²) >= 11 is 0. The summed E-state index contributed by atoms with van der Waals surface area (Å²) in [7, 11) is -3.35. The summed E-state index contributed by atoms with van der Waals surface area (Å²) in [5.74, 6) is -0.916. The standard InChI is InChI=1S/C24H24N2O5S/c1-4-32(29,30)26-12-11-17-13-18(9-10-21(17)26)22(27)14-31-24(28)23-15(2)19-7-5-6-8-20(19)25-16(23)3/h5-10,13H,4,11-12,14H2,1-3H3. The van der Waals surface area contributed by atoms with Gasteiger partial charge in [-0.3, -0.25) is 14.1 Å². The minimum absolute atomic E-state index is 0.0194. The predicted octanol–water partition coefficient (Wildman–Crippen LogP) is 3.60. The van der Waals surface area contributed by atoms with E-state index in [1.165, 1.54) is 4.31 Å². The van der Waals surface area contributed by atoms with Crippen molar-refractivity contribution in [1.29, 1.82) is 0 Å². The smallest absolute Gasteiger partial charge is 0.340 e. The van der Waals surface area contributed by atoms with E-state index < -0.39 is 22.6 Å². The van der Waals surface area contributed by atoms with E-state index in [2.05, 4.69) is 4.98 Å². The molecule has 0 saturated heterocycles. The molecular formula is C24H24N2O5S. The Hall–Kier alpha value is -3.26. The number of aryl methyl sites for hydroxylation is 2. The monoisotopic (exact) mass is 452 g/mol. The van der Waals surface area contributed by atoms with Gasteiger partial charge in [0.05, 0.1) is 28.2 Å². The zero-order valence-corrected chi connectivity index (χ0v) is 19.0. The quantitative estimate of drug-likeness (QED) is 0.419. The molecule has 0 spiro atoms. The summed E-state index contributed by atoms with van der Waals surface area (Å²) in [5.41, 5.74) is 4.27. The maximum absolute atomic E-state index is 12.8. The number of sulfonamides is 1. The van der Waals surface area contributed by atoms with Crippen molar-refractivity contribution < 1.29 is 22.7 Å². The summed E-state index contributed by atoms with van der Waals surface area (Å²) in [6.45, 7) is 5.15. The van der Waals surface area contributed by atoms with Gasteiger partial charge in [-0.25, -0.2) is 13.2 Å². The number of nitrogens with zero attached hydrogens (tertiary/aromatic N) is 2. The van der Waals surface area contributed by atoms with Gasteiger partial charge in [0.2, 0.25) is 10.0 Å². The van der Waals surface area contributed by atoms with Gasteiger partial charge in [-0.05, 0) is 62.6 Å². The molecule has 4 rings (SSSR count). The predicted molar refractivity (Wildman–Crippen MR) is 123 cm³/mol. The molecule has 0 N–H and O–H groups in total. The third kappa shape index (κ3) is 3.86. The Bertz CT molecular complexity index is 1350. The summed E-state index contributed by atoms with van der Waals surface area (Å²) in [4.78, 5) is 29.9. The van der Waals surface area contributed by atoms with Crippen LogP contribution in [-0.2, 0) is 21.2 Å². The Kier molecular flexibility index (Phi) is 5.73. The van der Waals surface area contributed by atoms with E-state index >= 15 is 0 Å². The van der Waals surface area contributed by atoms with E-state index in [4.69, 9.17) is 4.74 Å². The van der Waals surface area contributed by atoms with Crippen molar-refractivity contribution in [2.24, 2.45) is 0 Å². The van der Waals surface area contributed by atoms with Gasteiger partial charge in [0, 0.05) is 17.5 Å². The molecular weight excluding hydrogens is 428 g/mol. The number of pyridine rings is 1. The number of benzene rings is 2. The lowest BCUT2D eigenvalue weighted by Crippen LogP contribution is -2.30. The van der Waals surface area contributed by atoms with Crippen LogP contribution in [0.4, 0.5) is 5.69 Å². The van der Waals surface area contributed by atoms with E-state index in [1.807, 2.05) is 31.2 Å². The van der Waals surface area contributed by atoms with Gasteiger partial charge in [0.1, 0.15) is 0 Å². The van der Waals surface area contributed by atoms with Gasteiger partial charge in [-0.15, -0.1) is 0 Å². The lowest BCUT2D eigenvalue weighted by atomic mass is 10.0. The second-order valence-electron chi connectivity index (χ2n) is 7.78. The molecule has 7 nitrogen and oxygen atoms in total. The van der Waals surface area contributed by atoms with Gasteiger partial charge in [0.25, 0.3) is 0 Å². The Morgan fingerprint density at radius 2 is 1.88 bits per heavy atom. The molecule has 0 aliphatic carbocycles. The van der Waals surface area contributed by atoms with Crippen molar-refractivity contribution in [2.75, 3.05) is 23.2 Å². The summed E-state index contributed by atoms with van der Waals surface area (Å²) in [5, 5.41) is 0.863. The molecule has 0 atom stereocenters. The molecule has 0 bridgehead atoms. The minimum Gasteiger partial charge on any atom is -0.454 e. The molecule has 0 saturated carbocycles. The number of para-hydroxylation sites is 1. The molecule has 32 heavy (non-hydrogen) atoms. The van der Waals surface area contributed by atoms with Crippen molar-refractivity contribution >= 4 is 38.4 Å². The zero-order valence-electron chi connectivity index (χ0n) is 18.2. The summed E-state index contributed by atoms with van der Waals surface area (Å²) < 4.78 is 31.2. The first-order chi connectivity index (χ1) is 15.2. The first kappa shape index (κ1) is 22.0. The summed E-state index contributed by atoms with van der Waals surface area (Å²) in [6.07, 6.45) is 0.538. The number of esters is 1. The lowest BCUT2D eigenvalue weighted by Gasteiger charge is -2.18. The van der Waals surface area contributed by atoms with Crippen LogP contribution in [0.5, 0.6) is 0 Å². The fourth-order valence-electron chi connectivity index (χ4n) is 4.11. The Morgan fingerprint density at radius 3 is 2.62 bits per heavy atom. The van der Waals surface area contributed by atoms with Gasteiger partial charge >= 0.3 is 5.97 Å². The number of hydrogen-bond acceptors (Lipinski definition) is 6. The highest BCUT2D eigenvalue weighted by atomic mass is 32.2. The van der Waals surface area contributed by atoms with Crippen LogP contribution in [-0.4, -0.2) is 44.1 Å². The van der Waals surface area contributed by atoms with E-state index in [9.17, 15) is 18.0 Å². The number of rotatable bonds is 6. The first-order valence-electron chi connectivity index (χ1n) is 10.4. The zero-order chi connectivity index (χ0) is 23.0. The number of carbonyl (C=O) groups excluding carboxylic acids is 2. The highest BCUT2D eigenvalue weighted by Crippen LogP contribution is 2.31. The molecule has 166 valence electrons. The fourth-order valence-corrected chi connectivity index (χ4v) is 5.27. The molecule has 2 heterocycles. The normalized spacial score (nSPS) is 13.3. The van der Waals surface area contributed by atoms with E-state index in [0.717, 1.165) is 22.0 Å². The summed E-state index contributed by atoms with van der Waals surface area (Å²) in [6, 6.07) is 12.5. The fraction of sp³-hybridized carbons (Fsp3) is 0.292. The Balaban J connectivity index is 1.50. The molecule has 8 heteroatoms. The topological polar surface area (TPSA) is 93.6 Å². The minimum atomic E-state index is -3.35. The molecule has 0 radical (unpaired) electrons. The second-order valence-corrected chi connectivity index (χ2v) is 9.96. The van der Waals surface area contributed by atoms with E-state index in [0.29, 0.717) is 35.5 Å². The Morgan fingerprint density at radius 1 is 1.12 bits per heavy atom. The molecule has 0 amide bonds. The number of hydrogen-bond donors (Lipinski definition) is 0. The average molecular weight is 453 g/mol. The number of aromatic nitrogens is 1. The van der Waals surface area contributed by atoms with E-state index in [1.54, 1.807) is 32.0 Å². The van der Waals surface area contributed by atoms with Crippen LogP contribution in [0.15, 0.2) is 42.5 Å². The maximum atomic E-state index is 12.8. The van der Waals surface area contributed by atoms with Crippen LogP contribution < -0.4 is 4.31 Å². The van der Waals surface area contributed by atoms with Crippen molar-refractivity contribution in [3.05, 3.63) is 70.4 Å². The van der Waals surface area contributed by atoms with Crippen LogP contribution in [0.1, 0.15) is 44.5 Å². The molecule has 2 aromatic carbocycles. The average Bonchev–Trinajstić information content (AvgIpc) is 3.21. The number of ketones is 1. The van der Waals surface area contributed by atoms with Crippen LogP contribution in [0, 0.1) is 13.8 Å². The second kappa shape index (κ2) is 8.35. The van der Waals surface area contributed by atoms with Crippen LogP contribution in [0.25, 0.3) is 10.9 Å². The highest BCUT2D eigenvalue weighted by Gasteiger charge is 2.28. The number of Topliss-reactive ketones (excluding diaryl/α,β-unsaturated/α-hetero) is 1. The Labute approximate surface area is 187 Å². The van der Waals surface area contributed by atoms with Crippen molar-refractivity contribution in [3.8, 4) is 0 Å². The van der Waals surface area contributed by atoms with Gasteiger partial charge in [-0.1, -0.05) is 18.2 Å². The van der Waals surface area contributed by atoms with E-state index in [-0.39, 0.29) is 11.5 Å². The number of fused-ring (bicyclic) bond motifs is 2. The van der Waals surface area contributed by atoms with Crippen molar-refractivity contribution in [2.45, 2.75) is 27.2 Å². The van der Waals surface area contributed by atoms with Crippen LogP contribution in [0.2, 0.25) is 0 Å².